The molecule has 3 aromatic carbocycles. The van der Waals surface area contributed by atoms with Gasteiger partial charge in [-0.2, -0.15) is 0 Å². The summed E-state index contributed by atoms with van der Waals surface area (Å²) in [6.07, 6.45) is 1.44. The van der Waals surface area contributed by atoms with Crippen LogP contribution >= 0.6 is 0 Å². The van der Waals surface area contributed by atoms with E-state index in [4.69, 9.17) is 9.15 Å². The van der Waals surface area contributed by atoms with Crippen molar-refractivity contribution in [2.75, 3.05) is 17.2 Å². The van der Waals surface area contributed by atoms with Gasteiger partial charge in [-0.1, -0.05) is 48.5 Å². The molecule has 6 nitrogen and oxygen atoms in total. The highest BCUT2D eigenvalue weighted by Gasteiger charge is 2.10. The maximum Gasteiger partial charge on any atom is 0.291 e. The van der Waals surface area contributed by atoms with E-state index in [1.807, 2.05) is 54.6 Å². The fraction of sp³-hybridized carbons (Fsp3) is 0.0400. The second kappa shape index (κ2) is 9.45. The molecule has 0 saturated heterocycles. The van der Waals surface area contributed by atoms with Gasteiger partial charge in [-0.25, -0.2) is 0 Å². The predicted molar refractivity (Wildman–Crippen MR) is 119 cm³/mol. The van der Waals surface area contributed by atoms with Gasteiger partial charge in [0.05, 0.1) is 6.26 Å². The number of benzene rings is 3. The average Bonchev–Trinajstić information content (AvgIpc) is 3.35. The minimum atomic E-state index is -0.338. The fourth-order valence-corrected chi connectivity index (χ4v) is 3.03. The van der Waals surface area contributed by atoms with Crippen molar-refractivity contribution in [3.63, 3.8) is 0 Å². The van der Waals surface area contributed by atoms with Crippen molar-refractivity contribution in [3.8, 4) is 16.9 Å². The molecular weight excluding hydrogens is 392 g/mol. The van der Waals surface area contributed by atoms with Crippen LogP contribution < -0.4 is 15.4 Å². The Labute approximate surface area is 179 Å². The second-order valence-electron chi connectivity index (χ2n) is 6.70. The number of carbonyl (C=O) groups is 2. The summed E-state index contributed by atoms with van der Waals surface area (Å²) in [6.45, 7) is -0.138. The smallest absolute Gasteiger partial charge is 0.291 e. The molecule has 1 heterocycles. The van der Waals surface area contributed by atoms with Crippen LogP contribution in [0.25, 0.3) is 11.1 Å². The number of hydrogen-bond donors (Lipinski definition) is 2. The SMILES string of the molecule is O=C(COc1ccc(NC(=O)c2ccco2)cc1)Nc1ccccc1-c1ccccc1. The lowest BCUT2D eigenvalue weighted by Crippen LogP contribution is -2.20. The molecule has 0 aliphatic heterocycles. The summed E-state index contributed by atoms with van der Waals surface area (Å²) in [7, 11) is 0. The molecule has 0 spiro atoms. The Hall–Kier alpha value is -4.32. The van der Waals surface area contributed by atoms with Crippen molar-refractivity contribution in [2.45, 2.75) is 0 Å². The lowest BCUT2D eigenvalue weighted by atomic mass is 10.0. The Morgan fingerprint density at radius 2 is 1.52 bits per heavy atom. The number of nitrogens with one attached hydrogen (secondary N) is 2. The van der Waals surface area contributed by atoms with E-state index in [1.165, 1.54) is 6.26 Å². The third kappa shape index (κ3) is 5.19. The summed E-state index contributed by atoms with van der Waals surface area (Å²) in [5.74, 6) is 0.143. The molecule has 154 valence electrons. The van der Waals surface area contributed by atoms with Crippen molar-refractivity contribution >= 4 is 23.2 Å². The second-order valence-corrected chi connectivity index (χ2v) is 6.70. The van der Waals surface area contributed by atoms with Crippen LogP contribution in [0, 0.1) is 0 Å². The van der Waals surface area contributed by atoms with Crippen LogP contribution in [-0.4, -0.2) is 18.4 Å². The van der Waals surface area contributed by atoms with Crippen LogP contribution in [0.3, 0.4) is 0 Å². The van der Waals surface area contributed by atoms with Gasteiger partial charge in [-0.15, -0.1) is 0 Å². The largest absolute Gasteiger partial charge is 0.484 e. The highest BCUT2D eigenvalue weighted by Crippen LogP contribution is 2.27. The van der Waals surface area contributed by atoms with Crippen molar-refractivity contribution in [1.82, 2.24) is 0 Å². The fourth-order valence-electron chi connectivity index (χ4n) is 3.03. The topological polar surface area (TPSA) is 80.6 Å². The van der Waals surface area contributed by atoms with Gasteiger partial charge >= 0.3 is 0 Å². The third-order valence-corrected chi connectivity index (χ3v) is 4.51. The highest BCUT2D eigenvalue weighted by molar-refractivity contribution is 6.02. The molecule has 2 N–H and O–H groups in total. The predicted octanol–water partition coefficient (Wildman–Crippen LogP) is 5.22. The van der Waals surface area contributed by atoms with E-state index in [2.05, 4.69) is 10.6 Å². The quantitative estimate of drug-likeness (QED) is 0.436. The minimum Gasteiger partial charge on any atom is -0.484 e. The first-order valence-corrected chi connectivity index (χ1v) is 9.71. The highest BCUT2D eigenvalue weighted by atomic mass is 16.5. The van der Waals surface area contributed by atoms with E-state index in [9.17, 15) is 9.59 Å². The Morgan fingerprint density at radius 1 is 0.774 bits per heavy atom. The van der Waals surface area contributed by atoms with Crippen LogP contribution in [0.2, 0.25) is 0 Å². The maximum absolute atomic E-state index is 12.4. The molecular formula is C25H20N2O4. The first-order chi connectivity index (χ1) is 15.2. The molecule has 0 atom stereocenters. The number of hydrogen-bond acceptors (Lipinski definition) is 4. The molecule has 0 fully saturated rings. The van der Waals surface area contributed by atoms with Gasteiger partial charge < -0.3 is 19.8 Å². The zero-order valence-corrected chi connectivity index (χ0v) is 16.6. The normalized spacial score (nSPS) is 10.3. The molecule has 0 bridgehead atoms. The van der Waals surface area contributed by atoms with E-state index >= 15 is 0 Å². The summed E-state index contributed by atoms with van der Waals surface area (Å²) >= 11 is 0. The van der Waals surface area contributed by atoms with Crippen LogP contribution in [0.1, 0.15) is 10.6 Å². The Bertz CT molecular complexity index is 1150. The molecule has 2 amide bonds. The lowest BCUT2D eigenvalue weighted by molar-refractivity contribution is -0.118. The van der Waals surface area contributed by atoms with Crippen molar-refractivity contribution in [3.05, 3.63) is 103 Å². The number of carbonyl (C=O) groups excluding carboxylic acids is 2. The van der Waals surface area contributed by atoms with E-state index in [0.29, 0.717) is 11.4 Å². The number of para-hydroxylation sites is 1. The zero-order chi connectivity index (χ0) is 21.5. The Kier molecular flexibility index (Phi) is 6.09. The van der Waals surface area contributed by atoms with Crippen LogP contribution in [0.4, 0.5) is 11.4 Å². The molecule has 4 rings (SSSR count). The molecule has 0 radical (unpaired) electrons. The van der Waals surface area contributed by atoms with Crippen molar-refractivity contribution in [2.24, 2.45) is 0 Å². The molecule has 0 saturated carbocycles. The van der Waals surface area contributed by atoms with Gasteiger partial charge in [0.2, 0.25) is 0 Å². The summed E-state index contributed by atoms with van der Waals surface area (Å²) in [5, 5.41) is 5.62. The van der Waals surface area contributed by atoms with Gasteiger partial charge in [0.15, 0.2) is 12.4 Å². The Balaban J connectivity index is 1.33. The monoisotopic (exact) mass is 412 g/mol. The standard InChI is InChI=1S/C25H20N2O4/c28-24(27-22-10-5-4-9-21(22)18-7-2-1-3-8-18)17-31-20-14-12-19(13-15-20)26-25(29)23-11-6-16-30-23/h1-16H,17H2,(H,26,29)(H,27,28). The van der Waals surface area contributed by atoms with E-state index in [0.717, 1.165) is 16.8 Å². The van der Waals surface area contributed by atoms with Gasteiger partial charge in [0, 0.05) is 16.9 Å². The molecule has 1 aromatic heterocycles. The van der Waals surface area contributed by atoms with Crippen molar-refractivity contribution in [1.29, 1.82) is 0 Å². The van der Waals surface area contributed by atoms with E-state index in [-0.39, 0.29) is 24.2 Å². The maximum atomic E-state index is 12.4. The summed E-state index contributed by atoms with van der Waals surface area (Å²) < 4.78 is 10.6. The summed E-state index contributed by atoms with van der Waals surface area (Å²) in [6, 6.07) is 27.5. The molecule has 4 aromatic rings. The van der Waals surface area contributed by atoms with Crippen molar-refractivity contribution < 1.29 is 18.7 Å². The lowest BCUT2D eigenvalue weighted by Gasteiger charge is -2.12. The molecule has 6 heteroatoms. The number of anilines is 2. The van der Waals surface area contributed by atoms with Gasteiger partial charge in [0.1, 0.15) is 5.75 Å². The van der Waals surface area contributed by atoms with Gasteiger partial charge in [0.25, 0.3) is 11.8 Å². The number of rotatable bonds is 7. The van der Waals surface area contributed by atoms with Gasteiger partial charge in [-0.3, -0.25) is 9.59 Å². The molecule has 0 aliphatic rings. The van der Waals surface area contributed by atoms with Crippen LogP contribution in [0.5, 0.6) is 5.75 Å². The first-order valence-electron chi connectivity index (χ1n) is 9.71. The van der Waals surface area contributed by atoms with Gasteiger partial charge in [-0.05, 0) is 48.0 Å². The Morgan fingerprint density at radius 3 is 2.26 bits per heavy atom. The average molecular weight is 412 g/mol. The molecule has 0 unspecified atom stereocenters. The summed E-state index contributed by atoms with van der Waals surface area (Å²) in [4.78, 5) is 24.4. The van der Waals surface area contributed by atoms with E-state index in [1.54, 1.807) is 36.4 Å². The third-order valence-electron chi connectivity index (χ3n) is 4.51. The van der Waals surface area contributed by atoms with E-state index < -0.39 is 0 Å². The van der Waals surface area contributed by atoms with Crippen LogP contribution in [-0.2, 0) is 4.79 Å². The number of amides is 2. The number of ether oxygens (including phenoxy) is 1. The van der Waals surface area contributed by atoms with Crippen LogP contribution in [0.15, 0.2) is 102 Å². The molecule has 0 aliphatic carbocycles. The molecule has 31 heavy (non-hydrogen) atoms. The zero-order valence-electron chi connectivity index (χ0n) is 16.6. The first kappa shape index (κ1) is 20.0. The minimum absolute atomic E-state index is 0.138. The number of furan rings is 1. The summed E-state index contributed by atoms with van der Waals surface area (Å²) in [5.41, 5.74) is 3.27.